The molecule has 10 nitrogen and oxygen atoms in total. The predicted octanol–water partition coefficient (Wildman–Crippen LogP) is -1.17. The number of carbonyl (C=O) groups is 1. The van der Waals surface area contributed by atoms with E-state index in [1.54, 1.807) is 37.0 Å². The van der Waals surface area contributed by atoms with Gasteiger partial charge in [-0.1, -0.05) is 11.8 Å². The second kappa shape index (κ2) is 10.4. The fourth-order valence-corrected chi connectivity index (χ4v) is 4.84. The molecule has 29 heavy (non-hydrogen) atoms. The van der Waals surface area contributed by atoms with Gasteiger partial charge < -0.3 is 25.2 Å². The van der Waals surface area contributed by atoms with E-state index in [-0.39, 0.29) is 18.7 Å². The number of amides is 1. The van der Waals surface area contributed by atoms with Gasteiger partial charge in [-0.2, -0.15) is 4.72 Å². The van der Waals surface area contributed by atoms with Gasteiger partial charge in [-0.15, -0.1) is 0 Å². The Morgan fingerprint density at radius 1 is 1.38 bits per heavy atom. The van der Waals surface area contributed by atoms with E-state index in [4.69, 9.17) is 4.74 Å². The van der Waals surface area contributed by atoms with Gasteiger partial charge in [-0.25, -0.2) is 8.42 Å². The molecule has 162 valence electrons. The first-order valence-electron chi connectivity index (χ1n) is 8.73. The highest BCUT2D eigenvalue weighted by Crippen LogP contribution is 2.28. The lowest BCUT2D eigenvalue weighted by Crippen LogP contribution is -2.52. The lowest BCUT2D eigenvalue weighted by molar-refractivity contribution is -0.121. The fraction of sp³-hybridized carbons (Fsp3) is 0.529. The Kier molecular flexibility index (Phi) is 8.43. The molecule has 0 saturated carbocycles. The highest BCUT2D eigenvalue weighted by Gasteiger charge is 2.33. The van der Waals surface area contributed by atoms with Gasteiger partial charge in [0.1, 0.15) is 23.4 Å². The van der Waals surface area contributed by atoms with Crippen LogP contribution in [0.4, 0.5) is 0 Å². The molecule has 1 amide bonds. The average molecular weight is 447 g/mol. The third kappa shape index (κ3) is 6.94. The number of ether oxygens (including phenoxy) is 1. The van der Waals surface area contributed by atoms with E-state index in [2.05, 4.69) is 15.0 Å². The van der Waals surface area contributed by atoms with Gasteiger partial charge in [-0.05, 0) is 24.1 Å². The van der Waals surface area contributed by atoms with Crippen molar-refractivity contribution in [1.29, 1.82) is 0 Å². The maximum Gasteiger partial charge on any atom is 0.268 e. The number of aliphatic hydroxyl groups is 2. The van der Waals surface area contributed by atoms with Crippen LogP contribution >= 0.6 is 11.8 Å². The van der Waals surface area contributed by atoms with Gasteiger partial charge in [0.15, 0.2) is 0 Å². The summed E-state index contributed by atoms with van der Waals surface area (Å²) in [5, 5.41) is 24.9. The molecule has 12 heteroatoms. The van der Waals surface area contributed by atoms with Crippen molar-refractivity contribution in [3.63, 3.8) is 0 Å². The first-order valence-corrected chi connectivity index (χ1v) is 11.6. The van der Waals surface area contributed by atoms with E-state index in [0.717, 1.165) is 23.6 Å². The van der Waals surface area contributed by atoms with E-state index in [0.29, 0.717) is 0 Å². The van der Waals surface area contributed by atoms with Crippen molar-refractivity contribution in [2.75, 3.05) is 27.0 Å². The van der Waals surface area contributed by atoms with Crippen LogP contribution in [0.25, 0.3) is 0 Å². The Morgan fingerprint density at radius 3 is 2.62 bits per heavy atom. The molecule has 1 aliphatic heterocycles. The van der Waals surface area contributed by atoms with Crippen LogP contribution in [-0.4, -0.2) is 85.2 Å². The van der Waals surface area contributed by atoms with Crippen LogP contribution in [0.15, 0.2) is 35.6 Å². The largest absolute Gasteiger partial charge is 0.388 e. The summed E-state index contributed by atoms with van der Waals surface area (Å²) in [6.45, 7) is -0.0946. The fourth-order valence-electron chi connectivity index (χ4n) is 2.74. The zero-order valence-corrected chi connectivity index (χ0v) is 18.0. The quantitative estimate of drug-likeness (QED) is 0.350. The van der Waals surface area contributed by atoms with E-state index >= 15 is 0 Å². The number of nitrogens with one attached hydrogen (secondary N) is 2. The van der Waals surface area contributed by atoms with Gasteiger partial charge in [-0.3, -0.25) is 9.78 Å². The molecular weight excluding hydrogens is 420 g/mol. The molecule has 2 rings (SSSR count). The van der Waals surface area contributed by atoms with Gasteiger partial charge in [0.05, 0.1) is 18.9 Å². The van der Waals surface area contributed by atoms with E-state index in [1.807, 2.05) is 0 Å². The highest BCUT2D eigenvalue weighted by molar-refractivity contribution is 8.03. The second-order valence-corrected chi connectivity index (χ2v) is 9.38. The summed E-state index contributed by atoms with van der Waals surface area (Å²) in [6.07, 6.45) is 2.01. The number of sulfonamides is 1. The number of aromatic nitrogens is 1. The minimum atomic E-state index is -3.45. The summed E-state index contributed by atoms with van der Waals surface area (Å²) in [7, 11) is -0.469. The SMILES string of the molecule is COCC(O)C(O)C(Cc1ccncc1)NC(=O)C1=CSC(NS(C)(=O)=O)N1C. The zero-order valence-electron chi connectivity index (χ0n) is 16.3. The summed E-state index contributed by atoms with van der Waals surface area (Å²) < 4.78 is 30.2. The number of likely N-dealkylation sites (N-methyl/N-ethyl adjacent to an activating group) is 1. The summed E-state index contributed by atoms with van der Waals surface area (Å²) in [4.78, 5) is 18.2. The van der Waals surface area contributed by atoms with Crippen molar-refractivity contribution in [3.05, 3.63) is 41.2 Å². The van der Waals surface area contributed by atoms with Gasteiger partial charge >= 0.3 is 0 Å². The molecule has 0 fully saturated rings. The van der Waals surface area contributed by atoms with Crippen molar-refractivity contribution in [2.24, 2.45) is 0 Å². The third-order valence-electron chi connectivity index (χ3n) is 4.25. The minimum absolute atomic E-state index is 0.0946. The lowest BCUT2D eigenvalue weighted by atomic mass is 9.98. The Labute approximate surface area is 174 Å². The maximum atomic E-state index is 12.8. The van der Waals surface area contributed by atoms with Crippen LogP contribution in [0, 0.1) is 0 Å². The van der Waals surface area contributed by atoms with Crippen LogP contribution in [0.1, 0.15) is 5.56 Å². The molecule has 1 aromatic heterocycles. The summed E-state index contributed by atoms with van der Waals surface area (Å²) in [5.41, 5.74) is 0.409. The molecule has 0 spiro atoms. The number of thioether (sulfide) groups is 1. The molecular formula is C17H26N4O6S2. The molecule has 0 aliphatic carbocycles. The van der Waals surface area contributed by atoms with Crippen LogP contribution in [0.2, 0.25) is 0 Å². The standard InChI is InChI=1S/C17H26N4O6S2/c1-21-13(10-28-17(21)20-29(3,25)26)16(24)19-12(15(23)14(22)9-27-2)8-11-4-6-18-7-5-11/h4-7,10,12,14-15,17,20,22-23H,8-9H2,1-3H3,(H,19,24). The van der Waals surface area contributed by atoms with E-state index in [9.17, 15) is 23.4 Å². The molecule has 1 aromatic rings. The zero-order chi connectivity index (χ0) is 21.6. The molecule has 0 aromatic carbocycles. The Bertz CT molecular complexity index is 820. The molecule has 0 radical (unpaired) electrons. The van der Waals surface area contributed by atoms with Crippen molar-refractivity contribution >= 4 is 27.7 Å². The number of hydrogen-bond donors (Lipinski definition) is 4. The Morgan fingerprint density at radius 2 is 2.03 bits per heavy atom. The molecule has 0 bridgehead atoms. The second-order valence-electron chi connectivity index (χ2n) is 6.65. The van der Waals surface area contributed by atoms with Gasteiger partial charge in [0, 0.05) is 32.0 Å². The van der Waals surface area contributed by atoms with Crippen molar-refractivity contribution in [3.8, 4) is 0 Å². The normalized spacial score (nSPS) is 20.1. The molecule has 1 aliphatic rings. The number of nitrogens with zero attached hydrogens (tertiary/aromatic N) is 2. The van der Waals surface area contributed by atoms with E-state index in [1.165, 1.54) is 12.0 Å². The number of methoxy groups -OCH3 is 1. The lowest BCUT2D eigenvalue weighted by Gasteiger charge is -2.29. The maximum absolute atomic E-state index is 12.8. The smallest absolute Gasteiger partial charge is 0.268 e. The van der Waals surface area contributed by atoms with Crippen LogP contribution < -0.4 is 10.0 Å². The number of aliphatic hydroxyl groups excluding tert-OH is 2. The van der Waals surface area contributed by atoms with E-state index < -0.39 is 39.7 Å². The number of rotatable bonds is 10. The summed E-state index contributed by atoms with van der Waals surface area (Å²) in [5.74, 6) is -0.500. The van der Waals surface area contributed by atoms with Crippen LogP contribution in [0.3, 0.4) is 0 Å². The Balaban J connectivity index is 2.12. The first-order chi connectivity index (χ1) is 13.6. The molecule has 4 atom stereocenters. The average Bonchev–Trinajstić information content (AvgIpc) is 3.00. The summed E-state index contributed by atoms with van der Waals surface area (Å²) >= 11 is 1.14. The topological polar surface area (TPSA) is 141 Å². The molecule has 4 unspecified atom stereocenters. The van der Waals surface area contributed by atoms with Gasteiger partial charge in [0.25, 0.3) is 5.91 Å². The minimum Gasteiger partial charge on any atom is -0.388 e. The summed E-state index contributed by atoms with van der Waals surface area (Å²) in [6, 6.07) is 2.69. The molecule has 4 N–H and O–H groups in total. The number of pyridine rings is 1. The van der Waals surface area contributed by atoms with Crippen molar-refractivity contribution in [1.82, 2.24) is 19.9 Å². The van der Waals surface area contributed by atoms with Crippen molar-refractivity contribution < 1.29 is 28.2 Å². The predicted molar refractivity (Wildman–Crippen MR) is 109 cm³/mol. The monoisotopic (exact) mass is 446 g/mol. The number of carbonyl (C=O) groups excluding carboxylic acids is 1. The van der Waals surface area contributed by atoms with Gasteiger partial charge in [0.2, 0.25) is 10.0 Å². The van der Waals surface area contributed by atoms with Crippen molar-refractivity contribution in [2.45, 2.75) is 30.2 Å². The van der Waals surface area contributed by atoms with Crippen LogP contribution in [-0.2, 0) is 26.0 Å². The number of hydrogen-bond acceptors (Lipinski definition) is 9. The molecule has 0 saturated heterocycles. The Hall–Kier alpha value is -1.70. The first kappa shape index (κ1) is 23.6. The van der Waals surface area contributed by atoms with Crippen LogP contribution in [0.5, 0.6) is 0 Å². The third-order valence-corrected chi connectivity index (χ3v) is 6.11. The highest BCUT2D eigenvalue weighted by atomic mass is 32.2. The molecule has 2 heterocycles.